The number of allylic oxidation sites excluding steroid dienone is 4. The van der Waals surface area contributed by atoms with E-state index in [0.717, 1.165) is 5.56 Å². The molecule has 0 spiro atoms. The van der Waals surface area contributed by atoms with Gasteiger partial charge < -0.3 is 10.4 Å². The molecule has 0 heterocycles. The van der Waals surface area contributed by atoms with Gasteiger partial charge in [0.2, 0.25) is 0 Å². The number of carbonyl (C=O) groups excluding carboxylic acids is 1. The Bertz CT molecular complexity index is 792. The summed E-state index contributed by atoms with van der Waals surface area (Å²) < 4.78 is 0. The lowest BCUT2D eigenvalue weighted by Crippen LogP contribution is -2.12. The molecule has 2 N–H and O–H groups in total. The lowest BCUT2D eigenvalue weighted by molar-refractivity contribution is 0.0696. The number of aromatic carboxylic acids is 1. The van der Waals surface area contributed by atoms with Crippen LogP contribution < -0.4 is 5.32 Å². The second-order valence-corrected chi connectivity index (χ2v) is 5.26. The van der Waals surface area contributed by atoms with Gasteiger partial charge in [-0.3, -0.25) is 4.79 Å². The molecular formula is C19H15NO3. The third kappa shape index (κ3) is 3.37. The van der Waals surface area contributed by atoms with E-state index in [9.17, 15) is 9.59 Å². The summed E-state index contributed by atoms with van der Waals surface area (Å²) in [5, 5.41) is 11.6. The van der Waals surface area contributed by atoms with Crippen LogP contribution in [0.25, 0.3) is 0 Å². The first-order valence-electron chi connectivity index (χ1n) is 7.23. The van der Waals surface area contributed by atoms with E-state index in [2.05, 4.69) is 17.5 Å². The maximum Gasteiger partial charge on any atom is 0.335 e. The average molecular weight is 305 g/mol. The minimum Gasteiger partial charge on any atom is -0.478 e. The summed E-state index contributed by atoms with van der Waals surface area (Å²) in [7, 11) is 0. The highest BCUT2D eigenvalue weighted by atomic mass is 16.4. The minimum absolute atomic E-state index is 0.185. The number of rotatable bonds is 4. The smallest absolute Gasteiger partial charge is 0.335 e. The van der Waals surface area contributed by atoms with Crippen LogP contribution >= 0.6 is 0 Å². The van der Waals surface area contributed by atoms with Crippen LogP contribution in [0.2, 0.25) is 0 Å². The van der Waals surface area contributed by atoms with Crippen molar-refractivity contribution in [3.05, 3.63) is 89.5 Å². The number of carboxylic acids is 1. The van der Waals surface area contributed by atoms with Gasteiger partial charge in [-0.1, -0.05) is 36.4 Å². The summed E-state index contributed by atoms with van der Waals surface area (Å²) in [6.45, 7) is 0. The third-order valence-electron chi connectivity index (χ3n) is 3.67. The van der Waals surface area contributed by atoms with Crippen LogP contribution in [0, 0.1) is 0 Å². The van der Waals surface area contributed by atoms with E-state index in [0.29, 0.717) is 11.3 Å². The Hall–Kier alpha value is -3.14. The molecule has 0 unspecified atom stereocenters. The lowest BCUT2D eigenvalue weighted by atomic mass is 9.98. The predicted molar refractivity (Wildman–Crippen MR) is 88.8 cm³/mol. The van der Waals surface area contributed by atoms with Crippen LogP contribution in [0.15, 0.2) is 72.8 Å². The molecule has 1 amide bonds. The number of benzene rings is 2. The molecule has 2 aromatic rings. The predicted octanol–water partition coefficient (Wildman–Crippen LogP) is 3.85. The Morgan fingerprint density at radius 3 is 2.26 bits per heavy atom. The minimum atomic E-state index is -0.992. The molecule has 114 valence electrons. The van der Waals surface area contributed by atoms with Crippen LogP contribution in [0.4, 0.5) is 5.69 Å². The van der Waals surface area contributed by atoms with Crippen molar-refractivity contribution in [3.63, 3.8) is 0 Å². The van der Waals surface area contributed by atoms with Crippen molar-refractivity contribution in [2.24, 2.45) is 0 Å². The maximum atomic E-state index is 12.3. The van der Waals surface area contributed by atoms with Crippen LogP contribution in [0.5, 0.6) is 0 Å². The Morgan fingerprint density at radius 1 is 0.913 bits per heavy atom. The van der Waals surface area contributed by atoms with E-state index < -0.39 is 5.97 Å². The summed E-state index contributed by atoms with van der Waals surface area (Å²) >= 11 is 0. The summed E-state index contributed by atoms with van der Waals surface area (Å²) in [5.41, 5.74) is 2.37. The fourth-order valence-corrected chi connectivity index (χ4v) is 2.44. The molecule has 0 aliphatic heterocycles. The summed E-state index contributed by atoms with van der Waals surface area (Å²) in [4.78, 5) is 23.2. The standard InChI is InChI=1S/C19H15NO3/c21-18(20-17-10-8-14(9-11-17)19(22)23)16-7-3-6-15(12-16)13-4-1-2-5-13/h1-13H,(H,20,21)(H,22,23). The van der Waals surface area contributed by atoms with E-state index in [1.165, 1.54) is 12.1 Å². The molecule has 2 aromatic carbocycles. The van der Waals surface area contributed by atoms with Gasteiger partial charge in [0.25, 0.3) is 5.91 Å². The van der Waals surface area contributed by atoms with E-state index in [1.807, 2.05) is 30.4 Å². The van der Waals surface area contributed by atoms with Crippen LogP contribution in [0.3, 0.4) is 0 Å². The largest absolute Gasteiger partial charge is 0.478 e. The van der Waals surface area contributed by atoms with Gasteiger partial charge in [-0.25, -0.2) is 4.79 Å². The zero-order chi connectivity index (χ0) is 16.2. The zero-order valence-corrected chi connectivity index (χ0v) is 12.3. The molecule has 0 bridgehead atoms. The molecule has 3 rings (SSSR count). The van der Waals surface area contributed by atoms with E-state index in [4.69, 9.17) is 5.11 Å². The van der Waals surface area contributed by atoms with E-state index >= 15 is 0 Å². The molecular weight excluding hydrogens is 290 g/mol. The number of carbonyl (C=O) groups is 2. The van der Waals surface area contributed by atoms with E-state index in [1.54, 1.807) is 18.2 Å². The normalized spacial score (nSPS) is 13.2. The van der Waals surface area contributed by atoms with Gasteiger partial charge in [-0.2, -0.15) is 0 Å². The summed E-state index contributed by atoms with van der Waals surface area (Å²) in [6.07, 6.45) is 8.12. The monoisotopic (exact) mass is 305 g/mol. The molecule has 0 radical (unpaired) electrons. The van der Waals surface area contributed by atoms with Crippen molar-refractivity contribution in [2.45, 2.75) is 5.92 Å². The average Bonchev–Trinajstić information content (AvgIpc) is 3.10. The first-order valence-corrected chi connectivity index (χ1v) is 7.23. The number of carboxylic acid groups (broad SMARTS) is 1. The van der Waals surface area contributed by atoms with Gasteiger partial charge in [0.1, 0.15) is 0 Å². The first kappa shape index (κ1) is 14.8. The number of hydrogen-bond donors (Lipinski definition) is 2. The van der Waals surface area contributed by atoms with Crippen molar-refractivity contribution in [1.29, 1.82) is 0 Å². The summed E-state index contributed by atoms with van der Waals surface area (Å²) in [5.74, 6) is -1.01. The van der Waals surface area contributed by atoms with Crippen LogP contribution in [-0.2, 0) is 0 Å². The molecule has 0 fully saturated rings. The molecule has 4 heteroatoms. The summed E-state index contributed by atoms with van der Waals surface area (Å²) in [6, 6.07) is 13.5. The van der Waals surface area contributed by atoms with Crippen molar-refractivity contribution < 1.29 is 14.7 Å². The molecule has 0 atom stereocenters. The fourth-order valence-electron chi connectivity index (χ4n) is 2.44. The Kier molecular flexibility index (Phi) is 4.06. The highest BCUT2D eigenvalue weighted by Crippen LogP contribution is 2.24. The van der Waals surface area contributed by atoms with Gasteiger partial charge in [0.05, 0.1) is 5.56 Å². The Morgan fingerprint density at radius 2 is 1.61 bits per heavy atom. The number of nitrogens with one attached hydrogen (secondary N) is 1. The van der Waals surface area contributed by atoms with Crippen molar-refractivity contribution in [3.8, 4) is 0 Å². The number of hydrogen-bond acceptors (Lipinski definition) is 2. The van der Waals surface area contributed by atoms with Gasteiger partial charge >= 0.3 is 5.97 Å². The highest BCUT2D eigenvalue weighted by molar-refractivity contribution is 6.04. The number of amides is 1. The molecule has 23 heavy (non-hydrogen) atoms. The SMILES string of the molecule is O=C(O)c1ccc(NC(=O)c2cccc(C3C=CC=C3)c2)cc1. The van der Waals surface area contributed by atoms with Gasteiger partial charge in [-0.15, -0.1) is 0 Å². The molecule has 1 aliphatic rings. The van der Waals surface area contributed by atoms with Gasteiger partial charge in [0.15, 0.2) is 0 Å². The van der Waals surface area contributed by atoms with Crippen molar-refractivity contribution >= 4 is 17.6 Å². The zero-order valence-electron chi connectivity index (χ0n) is 12.3. The molecule has 0 saturated heterocycles. The topological polar surface area (TPSA) is 66.4 Å². The van der Waals surface area contributed by atoms with Crippen LogP contribution in [0.1, 0.15) is 32.2 Å². The first-order chi connectivity index (χ1) is 11.1. The molecule has 0 aromatic heterocycles. The Labute approximate surface area is 133 Å². The second-order valence-electron chi connectivity index (χ2n) is 5.26. The lowest BCUT2D eigenvalue weighted by Gasteiger charge is -2.09. The third-order valence-corrected chi connectivity index (χ3v) is 3.67. The van der Waals surface area contributed by atoms with Gasteiger partial charge in [0, 0.05) is 17.2 Å². The maximum absolute atomic E-state index is 12.3. The van der Waals surface area contributed by atoms with Gasteiger partial charge in [-0.05, 0) is 42.0 Å². The molecule has 4 nitrogen and oxygen atoms in total. The molecule has 0 saturated carbocycles. The highest BCUT2D eigenvalue weighted by Gasteiger charge is 2.11. The van der Waals surface area contributed by atoms with Crippen molar-refractivity contribution in [2.75, 3.05) is 5.32 Å². The Balaban J connectivity index is 1.75. The van der Waals surface area contributed by atoms with Crippen LogP contribution in [-0.4, -0.2) is 17.0 Å². The van der Waals surface area contributed by atoms with Crippen molar-refractivity contribution in [1.82, 2.24) is 0 Å². The second kappa shape index (κ2) is 6.32. The van der Waals surface area contributed by atoms with E-state index in [-0.39, 0.29) is 17.4 Å². The molecule has 1 aliphatic carbocycles. The fraction of sp³-hybridized carbons (Fsp3) is 0.0526. The quantitative estimate of drug-likeness (QED) is 0.901. The number of anilines is 1.